The second-order valence-corrected chi connectivity index (χ2v) is 3.03. The normalized spacial score (nSPS) is 9.36. The summed E-state index contributed by atoms with van der Waals surface area (Å²) < 4.78 is 4.93. The van der Waals surface area contributed by atoms with Gasteiger partial charge >= 0.3 is 6.09 Å². The summed E-state index contributed by atoms with van der Waals surface area (Å²) in [6.07, 6.45) is -0.456. The minimum atomic E-state index is -0.456. The average Bonchev–Trinajstić information content (AvgIpc) is 2.18. The number of ether oxygens (including phenoxy) is 1. The molecule has 0 spiro atoms. The molecule has 0 fully saturated rings. The van der Waals surface area contributed by atoms with E-state index in [4.69, 9.17) is 4.74 Å². The molecule has 0 aliphatic heterocycles. The summed E-state index contributed by atoms with van der Waals surface area (Å²) in [4.78, 5) is 12.8. The highest BCUT2D eigenvalue weighted by atomic mass is 16.5. The summed E-state index contributed by atoms with van der Waals surface area (Å²) in [7, 11) is 5.43. The highest BCUT2D eigenvalue weighted by Crippen LogP contribution is 2.17. The number of nitrogens with one attached hydrogen (secondary N) is 1. The van der Waals surface area contributed by atoms with Crippen LogP contribution in [0.25, 0.3) is 0 Å². The third-order valence-corrected chi connectivity index (χ3v) is 1.77. The predicted octanol–water partition coefficient (Wildman–Crippen LogP) is 1.47. The smallest absolute Gasteiger partial charge is 0.410 e. The Bertz CT molecular complexity index is 306. The molecule has 0 unspecified atom stereocenters. The van der Waals surface area contributed by atoms with Crippen LogP contribution < -0.4 is 15.0 Å². The number of carbonyl (C=O) groups excluding carboxylic acids is 1. The van der Waals surface area contributed by atoms with Crippen molar-refractivity contribution in [3.8, 4) is 5.75 Å². The van der Waals surface area contributed by atoms with Crippen molar-refractivity contribution in [2.75, 3.05) is 26.0 Å². The van der Waals surface area contributed by atoms with Gasteiger partial charge in [0.15, 0.2) is 0 Å². The summed E-state index contributed by atoms with van der Waals surface area (Å²) in [6.45, 7) is 0. The topological polar surface area (TPSA) is 41.6 Å². The first-order chi connectivity index (χ1) is 6.63. The zero-order valence-electron chi connectivity index (χ0n) is 8.57. The van der Waals surface area contributed by atoms with Crippen LogP contribution in [-0.2, 0) is 0 Å². The third-order valence-electron chi connectivity index (χ3n) is 1.77. The van der Waals surface area contributed by atoms with E-state index in [0.717, 1.165) is 5.69 Å². The fraction of sp³-hybridized carbons (Fsp3) is 0.300. The first-order valence-electron chi connectivity index (χ1n) is 4.30. The van der Waals surface area contributed by atoms with Crippen LogP contribution in [-0.4, -0.2) is 27.2 Å². The van der Waals surface area contributed by atoms with Gasteiger partial charge in [0.2, 0.25) is 0 Å². The lowest BCUT2D eigenvalue weighted by atomic mass is 10.3. The number of anilines is 1. The SMILES string of the molecule is CNC(=O)Oc1ccc(N(C)C)cc1. The molecule has 0 aromatic heterocycles. The van der Waals surface area contributed by atoms with Crippen molar-refractivity contribution in [1.82, 2.24) is 5.32 Å². The van der Waals surface area contributed by atoms with Crippen molar-refractivity contribution in [2.24, 2.45) is 0 Å². The fourth-order valence-electron chi connectivity index (χ4n) is 0.970. The van der Waals surface area contributed by atoms with Crippen LogP contribution in [0.4, 0.5) is 10.5 Å². The fourth-order valence-corrected chi connectivity index (χ4v) is 0.970. The monoisotopic (exact) mass is 194 g/mol. The van der Waals surface area contributed by atoms with Gasteiger partial charge in [-0.1, -0.05) is 0 Å². The Hall–Kier alpha value is -1.71. The summed E-state index contributed by atoms with van der Waals surface area (Å²) >= 11 is 0. The van der Waals surface area contributed by atoms with E-state index in [-0.39, 0.29) is 0 Å². The van der Waals surface area contributed by atoms with E-state index in [1.54, 1.807) is 12.1 Å². The van der Waals surface area contributed by atoms with Crippen molar-refractivity contribution in [1.29, 1.82) is 0 Å². The molecule has 0 saturated heterocycles. The number of carbonyl (C=O) groups is 1. The molecule has 1 N–H and O–H groups in total. The van der Waals surface area contributed by atoms with Crippen LogP contribution in [0, 0.1) is 0 Å². The van der Waals surface area contributed by atoms with Crippen LogP contribution in [0.5, 0.6) is 5.75 Å². The van der Waals surface area contributed by atoms with Gasteiger partial charge in [-0.15, -0.1) is 0 Å². The molecule has 0 atom stereocenters. The van der Waals surface area contributed by atoms with Crippen molar-refractivity contribution in [3.05, 3.63) is 24.3 Å². The summed E-state index contributed by atoms with van der Waals surface area (Å²) in [5.41, 5.74) is 1.06. The number of benzene rings is 1. The number of hydrogen-bond acceptors (Lipinski definition) is 3. The first kappa shape index (κ1) is 10.4. The standard InChI is InChI=1S/C10H14N2O2/c1-11-10(13)14-9-6-4-8(5-7-9)12(2)3/h4-7H,1-3H3,(H,11,13). The molecular formula is C10H14N2O2. The highest BCUT2D eigenvalue weighted by Gasteiger charge is 2.01. The molecule has 76 valence electrons. The summed E-state index contributed by atoms with van der Waals surface area (Å²) in [5.74, 6) is 0.537. The van der Waals surface area contributed by atoms with E-state index >= 15 is 0 Å². The molecule has 1 aromatic carbocycles. The maximum atomic E-state index is 10.9. The van der Waals surface area contributed by atoms with Crippen molar-refractivity contribution in [3.63, 3.8) is 0 Å². The first-order valence-corrected chi connectivity index (χ1v) is 4.30. The van der Waals surface area contributed by atoms with Crippen LogP contribution in [0.15, 0.2) is 24.3 Å². The number of hydrogen-bond donors (Lipinski definition) is 1. The van der Waals surface area contributed by atoms with E-state index in [2.05, 4.69) is 5.32 Å². The van der Waals surface area contributed by atoms with Crippen LogP contribution in [0.2, 0.25) is 0 Å². The quantitative estimate of drug-likeness (QED) is 0.775. The lowest BCUT2D eigenvalue weighted by Crippen LogP contribution is -2.22. The number of nitrogens with zero attached hydrogens (tertiary/aromatic N) is 1. The van der Waals surface area contributed by atoms with E-state index < -0.39 is 6.09 Å². The minimum absolute atomic E-state index is 0.456. The molecule has 0 aliphatic carbocycles. The Balaban J connectivity index is 2.69. The van der Waals surface area contributed by atoms with Gasteiger partial charge in [-0.05, 0) is 24.3 Å². The molecule has 0 radical (unpaired) electrons. The van der Waals surface area contributed by atoms with Crippen LogP contribution >= 0.6 is 0 Å². The molecule has 1 rings (SSSR count). The molecular weight excluding hydrogens is 180 g/mol. The minimum Gasteiger partial charge on any atom is -0.410 e. The Morgan fingerprint density at radius 1 is 1.29 bits per heavy atom. The molecule has 0 heterocycles. The van der Waals surface area contributed by atoms with Crippen molar-refractivity contribution < 1.29 is 9.53 Å². The second kappa shape index (κ2) is 4.50. The molecule has 14 heavy (non-hydrogen) atoms. The predicted molar refractivity (Wildman–Crippen MR) is 55.9 cm³/mol. The summed E-state index contributed by atoms with van der Waals surface area (Å²) in [5, 5.41) is 2.38. The molecule has 4 heteroatoms. The van der Waals surface area contributed by atoms with Gasteiger partial charge in [0.25, 0.3) is 0 Å². The van der Waals surface area contributed by atoms with Gasteiger partial charge in [0, 0.05) is 26.8 Å². The molecule has 0 bridgehead atoms. The van der Waals surface area contributed by atoms with Gasteiger partial charge < -0.3 is 15.0 Å². The number of rotatable bonds is 2. The van der Waals surface area contributed by atoms with E-state index in [1.807, 2.05) is 31.1 Å². The van der Waals surface area contributed by atoms with Crippen molar-refractivity contribution >= 4 is 11.8 Å². The lowest BCUT2D eigenvalue weighted by Gasteiger charge is -2.12. The van der Waals surface area contributed by atoms with Crippen molar-refractivity contribution in [2.45, 2.75) is 0 Å². The van der Waals surface area contributed by atoms with E-state index in [9.17, 15) is 4.79 Å². The van der Waals surface area contributed by atoms with Crippen LogP contribution in [0.3, 0.4) is 0 Å². The van der Waals surface area contributed by atoms with E-state index in [1.165, 1.54) is 7.05 Å². The second-order valence-electron chi connectivity index (χ2n) is 3.03. The van der Waals surface area contributed by atoms with Gasteiger partial charge in [0.1, 0.15) is 5.75 Å². The maximum absolute atomic E-state index is 10.9. The largest absolute Gasteiger partial charge is 0.412 e. The maximum Gasteiger partial charge on any atom is 0.412 e. The van der Waals surface area contributed by atoms with Gasteiger partial charge in [0.05, 0.1) is 0 Å². The molecule has 4 nitrogen and oxygen atoms in total. The van der Waals surface area contributed by atoms with E-state index in [0.29, 0.717) is 5.75 Å². The number of amides is 1. The molecule has 1 aromatic rings. The Labute approximate surface area is 83.5 Å². The summed E-state index contributed by atoms with van der Waals surface area (Å²) in [6, 6.07) is 7.28. The zero-order valence-corrected chi connectivity index (χ0v) is 8.57. The van der Waals surface area contributed by atoms with Gasteiger partial charge in [-0.25, -0.2) is 4.79 Å². The van der Waals surface area contributed by atoms with Gasteiger partial charge in [-0.2, -0.15) is 0 Å². The zero-order chi connectivity index (χ0) is 10.6. The Morgan fingerprint density at radius 2 is 1.86 bits per heavy atom. The van der Waals surface area contributed by atoms with Gasteiger partial charge in [-0.3, -0.25) is 0 Å². The average molecular weight is 194 g/mol. The third kappa shape index (κ3) is 2.65. The molecule has 1 amide bonds. The van der Waals surface area contributed by atoms with Crippen LogP contribution in [0.1, 0.15) is 0 Å². The molecule has 0 aliphatic rings. The highest BCUT2D eigenvalue weighted by molar-refractivity contribution is 5.70. The lowest BCUT2D eigenvalue weighted by molar-refractivity contribution is 0.203. The Kier molecular flexibility index (Phi) is 3.34. The molecule has 0 saturated carbocycles. The Morgan fingerprint density at radius 3 is 2.29 bits per heavy atom.